The summed E-state index contributed by atoms with van der Waals surface area (Å²) in [5.74, 6) is 0.396. The molecule has 6 heteroatoms. The molecular weight excluding hydrogens is 234 g/mol. The molecule has 0 aliphatic heterocycles. The summed E-state index contributed by atoms with van der Waals surface area (Å²) in [4.78, 5) is 10.4. The molecule has 0 unspecified atom stereocenters. The second-order valence-electron chi connectivity index (χ2n) is 3.65. The van der Waals surface area contributed by atoms with Crippen LogP contribution in [0.5, 0.6) is 5.75 Å². The van der Waals surface area contributed by atoms with Crippen LogP contribution < -0.4 is 4.74 Å². The van der Waals surface area contributed by atoms with Gasteiger partial charge in [0.25, 0.3) is 0 Å². The Morgan fingerprint density at radius 3 is 2.72 bits per heavy atom. The Morgan fingerprint density at radius 1 is 1.39 bits per heavy atom. The molecule has 0 saturated carbocycles. The Morgan fingerprint density at radius 2 is 2.11 bits per heavy atom. The van der Waals surface area contributed by atoms with Crippen molar-refractivity contribution in [3.63, 3.8) is 0 Å². The van der Waals surface area contributed by atoms with Gasteiger partial charge in [-0.25, -0.2) is 4.79 Å². The SMILES string of the molecule is CCc1nncn1-c1ccc(OCC(=O)O)cc1. The van der Waals surface area contributed by atoms with E-state index in [2.05, 4.69) is 10.2 Å². The Balaban J connectivity index is 2.14. The number of hydrogen-bond donors (Lipinski definition) is 1. The average molecular weight is 247 g/mol. The minimum absolute atomic E-state index is 0.341. The molecule has 1 N–H and O–H groups in total. The van der Waals surface area contributed by atoms with Crippen molar-refractivity contribution in [1.29, 1.82) is 0 Å². The zero-order chi connectivity index (χ0) is 13.0. The summed E-state index contributed by atoms with van der Waals surface area (Å²) in [6, 6.07) is 7.11. The first kappa shape index (κ1) is 12.1. The molecular formula is C12H13N3O3. The molecule has 0 spiro atoms. The number of aryl methyl sites for hydroxylation is 1. The summed E-state index contributed by atoms with van der Waals surface area (Å²) in [7, 11) is 0. The molecule has 0 saturated heterocycles. The number of carbonyl (C=O) groups is 1. The standard InChI is InChI=1S/C12H13N3O3/c1-2-11-14-13-8-15(11)9-3-5-10(6-4-9)18-7-12(16)17/h3-6,8H,2,7H2,1H3,(H,16,17). The van der Waals surface area contributed by atoms with Crippen LogP contribution in [0, 0.1) is 0 Å². The van der Waals surface area contributed by atoms with Crippen molar-refractivity contribution in [2.75, 3.05) is 6.61 Å². The van der Waals surface area contributed by atoms with Gasteiger partial charge in [0.05, 0.1) is 0 Å². The summed E-state index contributed by atoms with van der Waals surface area (Å²) in [6.07, 6.45) is 2.43. The van der Waals surface area contributed by atoms with Gasteiger partial charge in [-0.15, -0.1) is 10.2 Å². The van der Waals surface area contributed by atoms with Crippen LogP contribution >= 0.6 is 0 Å². The minimum Gasteiger partial charge on any atom is -0.482 e. The van der Waals surface area contributed by atoms with E-state index >= 15 is 0 Å². The lowest BCUT2D eigenvalue weighted by Gasteiger charge is -2.07. The summed E-state index contributed by atoms with van der Waals surface area (Å²) < 4.78 is 6.93. The molecule has 0 aliphatic carbocycles. The lowest BCUT2D eigenvalue weighted by Crippen LogP contribution is -2.09. The quantitative estimate of drug-likeness (QED) is 0.861. The van der Waals surface area contributed by atoms with Gasteiger partial charge in [-0.2, -0.15) is 0 Å². The Labute approximate surface area is 104 Å². The lowest BCUT2D eigenvalue weighted by molar-refractivity contribution is -0.139. The fourth-order valence-electron chi connectivity index (χ4n) is 1.56. The molecule has 0 bridgehead atoms. The van der Waals surface area contributed by atoms with E-state index < -0.39 is 5.97 Å². The highest BCUT2D eigenvalue weighted by molar-refractivity contribution is 5.68. The highest BCUT2D eigenvalue weighted by Gasteiger charge is 2.04. The Bertz CT molecular complexity index is 534. The van der Waals surface area contributed by atoms with Crippen molar-refractivity contribution in [1.82, 2.24) is 14.8 Å². The third kappa shape index (κ3) is 2.65. The normalized spacial score (nSPS) is 10.3. The molecule has 1 aromatic carbocycles. The van der Waals surface area contributed by atoms with Crippen LogP contribution in [-0.2, 0) is 11.2 Å². The maximum absolute atomic E-state index is 10.4. The van der Waals surface area contributed by atoms with Crippen LogP contribution in [0.3, 0.4) is 0 Å². The van der Waals surface area contributed by atoms with Crippen molar-refractivity contribution < 1.29 is 14.6 Å². The maximum atomic E-state index is 10.4. The van der Waals surface area contributed by atoms with Gasteiger partial charge in [-0.3, -0.25) is 4.57 Å². The smallest absolute Gasteiger partial charge is 0.341 e. The molecule has 2 rings (SSSR count). The van der Waals surface area contributed by atoms with Gasteiger partial charge >= 0.3 is 5.97 Å². The van der Waals surface area contributed by atoms with Crippen LogP contribution in [-0.4, -0.2) is 32.4 Å². The van der Waals surface area contributed by atoms with Crippen LogP contribution in [0.25, 0.3) is 5.69 Å². The van der Waals surface area contributed by atoms with E-state index in [0.717, 1.165) is 17.9 Å². The first-order chi connectivity index (χ1) is 8.70. The van der Waals surface area contributed by atoms with Gasteiger partial charge in [-0.05, 0) is 24.3 Å². The largest absolute Gasteiger partial charge is 0.482 e. The highest BCUT2D eigenvalue weighted by atomic mass is 16.5. The molecule has 0 atom stereocenters. The van der Waals surface area contributed by atoms with Gasteiger partial charge in [0.15, 0.2) is 6.61 Å². The second kappa shape index (κ2) is 5.31. The van der Waals surface area contributed by atoms with Crippen LogP contribution in [0.4, 0.5) is 0 Å². The molecule has 1 aromatic heterocycles. The number of carboxylic acid groups (broad SMARTS) is 1. The topological polar surface area (TPSA) is 77.2 Å². The summed E-state index contributed by atoms with van der Waals surface area (Å²) >= 11 is 0. The Hall–Kier alpha value is -2.37. The van der Waals surface area contributed by atoms with E-state index in [1.165, 1.54) is 0 Å². The van der Waals surface area contributed by atoms with E-state index in [4.69, 9.17) is 9.84 Å². The predicted molar refractivity (Wildman–Crippen MR) is 63.9 cm³/mol. The molecule has 1 heterocycles. The highest BCUT2D eigenvalue weighted by Crippen LogP contribution is 2.16. The summed E-state index contributed by atoms with van der Waals surface area (Å²) in [6.45, 7) is 1.66. The number of hydrogen-bond acceptors (Lipinski definition) is 4. The fourth-order valence-corrected chi connectivity index (χ4v) is 1.56. The zero-order valence-corrected chi connectivity index (χ0v) is 9.91. The summed E-state index contributed by atoms with van der Waals surface area (Å²) in [5, 5.41) is 16.4. The summed E-state index contributed by atoms with van der Waals surface area (Å²) in [5.41, 5.74) is 0.916. The minimum atomic E-state index is -0.994. The average Bonchev–Trinajstić information content (AvgIpc) is 2.85. The van der Waals surface area contributed by atoms with E-state index in [1.54, 1.807) is 18.5 Å². The van der Waals surface area contributed by atoms with Gasteiger partial charge in [0.2, 0.25) is 0 Å². The number of carboxylic acids is 1. The van der Waals surface area contributed by atoms with Gasteiger partial charge in [0, 0.05) is 12.1 Å². The molecule has 94 valence electrons. The molecule has 0 fully saturated rings. The van der Waals surface area contributed by atoms with Crippen molar-refractivity contribution in [3.8, 4) is 11.4 Å². The third-order valence-corrected chi connectivity index (χ3v) is 2.41. The van der Waals surface area contributed by atoms with Crippen molar-refractivity contribution in [2.24, 2.45) is 0 Å². The van der Waals surface area contributed by atoms with E-state index in [0.29, 0.717) is 5.75 Å². The Kier molecular flexibility index (Phi) is 3.57. The van der Waals surface area contributed by atoms with Crippen LogP contribution in [0.1, 0.15) is 12.7 Å². The first-order valence-corrected chi connectivity index (χ1v) is 5.54. The van der Waals surface area contributed by atoms with E-state index in [-0.39, 0.29) is 6.61 Å². The molecule has 0 amide bonds. The van der Waals surface area contributed by atoms with E-state index in [9.17, 15) is 4.79 Å². The zero-order valence-electron chi connectivity index (χ0n) is 9.91. The van der Waals surface area contributed by atoms with Gasteiger partial charge in [-0.1, -0.05) is 6.92 Å². The van der Waals surface area contributed by atoms with Crippen LogP contribution in [0.15, 0.2) is 30.6 Å². The molecule has 2 aromatic rings. The van der Waals surface area contributed by atoms with E-state index in [1.807, 2.05) is 23.6 Å². The lowest BCUT2D eigenvalue weighted by atomic mass is 10.3. The van der Waals surface area contributed by atoms with Crippen LogP contribution in [0.2, 0.25) is 0 Å². The van der Waals surface area contributed by atoms with Gasteiger partial charge in [0.1, 0.15) is 17.9 Å². The van der Waals surface area contributed by atoms with Crippen molar-refractivity contribution in [3.05, 3.63) is 36.4 Å². The molecule has 6 nitrogen and oxygen atoms in total. The maximum Gasteiger partial charge on any atom is 0.341 e. The molecule has 18 heavy (non-hydrogen) atoms. The number of ether oxygens (including phenoxy) is 1. The third-order valence-electron chi connectivity index (χ3n) is 2.41. The number of aromatic nitrogens is 3. The predicted octanol–water partition coefficient (Wildman–Crippen LogP) is 1.29. The second-order valence-corrected chi connectivity index (χ2v) is 3.65. The van der Waals surface area contributed by atoms with Gasteiger partial charge < -0.3 is 9.84 Å². The fraction of sp³-hybridized carbons (Fsp3) is 0.250. The monoisotopic (exact) mass is 247 g/mol. The van der Waals surface area contributed by atoms with Crippen molar-refractivity contribution in [2.45, 2.75) is 13.3 Å². The number of rotatable bonds is 5. The number of aliphatic carboxylic acids is 1. The number of nitrogens with zero attached hydrogens (tertiary/aromatic N) is 3. The molecule has 0 aliphatic rings. The first-order valence-electron chi connectivity index (χ1n) is 5.54. The van der Waals surface area contributed by atoms with Crippen molar-refractivity contribution >= 4 is 5.97 Å². The number of benzene rings is 1. The molecule has 0 radical (unpaired) electrons.